The van der Waals surface area contributed by atoms with Crippen LogP contribution >= 0.6 is 0 Å². The van der Waals surface area contributed by atoms with Crippen molar-refractivity contribution in [3.05, 3.63) is 71.7 Å². The van der Waals surface area contributed by atoms with E-state index in [2.05, 4.69) is 4.90 Å². The summed E-state index contributed by atoms with van der Waals surface area (Å²) in [7, 11) is 1.65. The van der Waals surface area contributed by atoms with Crippen LogP contribution < -0.4 is 4.74 Å². The van der Waals surface area contributed by atoms with E-state index >= 15 is 0 Å². The van der Waals surface area contributed by atoms with Crippen LogP contribution in [0.15, 0.2) is 54.6 Å². The Hall–Kier alpha value is -2.78. The number of aliphatic hydroxyl groups is 1. The van der Waals surface area contributed by atoms with Crippen LogP contribution in [0.1, 0.15) is 25.1 Å². The molecule has 0 fully saturated rings. The van der Waals surface area contributed by atoms with Crippen molar-refractivity contribution in [3.63, 3.8) is 0 Å². The molecule has 0 unspecified atom stereocenters. The molecule has 184 valence electrons. The van der Waals surface area contributed by atoms with Crippen LogP contribution in [-0.2, 0) is 16.0 Å². The molecule has 1 aromatic heterocycles. The maximum Gasteiger partial charge on any atom is 0.227 e. The van der Waals surface area contributed by atoms with Crippen molar-refractivity contribution >= 4 is 0 Å². The Bertz CT molecular complexity index is 1010. The quantitative estimate of drug-likeness (QED) is 0.400. The topological polar surface area (TPSA) is 69.0 Å². The molecule has 0 aliphatic heterocycles. The first-order valence-corrected chi connectivity index (χ1v) is 11.5. The average Bonchev–Trinajstić information content (AvgIpc) is 3.13. The highest BCUT2D eigenvalue weighted by atomic mass is 19.1. The number of rotatable bonds is 13. The molecule has 7 nitrogen and oxygen atoms in total. The van der Waals surface area contributed by atoms with E-state index in [1.807, 2.05) is 51.1 Å². The van der Waals surface area contributed by atoms with E-state index in [1.54, 1.807) is 23.9 Å². The van der Waals surface area contributed by atoms with Gasteiger partial charge in [-0.15, -0.1) is 0 Å². The standard InChI is InChI=1S/C26H34FN3O4/c1-19(2)33-18-23(31)16-29(14-15-32-4)17-25-20(3)28-30(22-8-6-5-7-9-22)26(25)34-24-12-10-21(27)11-13-24/h5-13,19,23,31H,14-18H2,1-4H3/t23-/m0/s1. The second-order valence-corrected chi connectivity index (χ2v) is 8.44. The van der Waals surface area contributed by atoms with Gasteiger partial charge in [-0.2, -0.15) is 5.10 Å². The minimum Gasteiger partial charge on any atom is -0.439 e. The third-order valence-electron chi connectivity index (χ3n) is 5.25. The second-order valence-electron chi connectivity index (χ2n) is 8.44. The molecule has 3 aromatic rings. The van der Waals surface area contributed by atoms with Crippen LogP contribution in [0.2, 0.25) is 0 Å². The van der Waals surface area contributed by atoms with Crippen molar-refractivity contribution in [3.8, 4) is 17.3 Å². The van der Waals surface area contributed by atoms with E-state index in [1.165, 1.54) is 12.1 Å². The van der Waals surface area contributed by atoms with Crippen LogP contribution in [0.5, 0.6) is 11.6 Å². The molecular formula is C26H34FN3O4. The van der Waals surface area contributed by atoms with Crippen molar-refractivity contribution < 1.29 is 23.7 Å². The first kappa shape index (κ1) is 25.8. The Morgan fingerprint density at radius 1 is 1.09 bits per heavy atom. The van der Waals surface area contributed by atoms with Gasteiger partial charge < -0.3 is 19.3 Å². The van der Waals surface area contributed by atoms with Gasteiger partial charge in [-0.3, -0.25) is 4.90 Å². The Labute approximate surface area is 200 Å². The largest absolute Gasteiger partial charge is 0.439 e. The highest BCUT2D eigenvalue weighted by Crippen LogP contribution is 2.31. The Morgan fingerprint density at radius 3 is 2.44 bits per heavy atom. The van der Waals surface area contributed by atoms with Gasteiger partial charge in [0.1, 0.15) is 11.6 Å². The number of hydrogen-bond donors (Lipinski definition) is 1. The molecule has 34 heavy (non-hydrogen) atoms. The predicted molar refractivity (Wildman–Crippen MR) is 129 cm³/mol. The predicted octanol–water partition coefficient (Wildman–Crippen LogP) is 4.35. The zero-order valence-corrected chi connectivity index (χ0v) is 20.3. The molecule has 0 spiro atoms. The number of aryl methyl sites for hydroxylation is 1. The molecule has 8 heteroatoms. The van der Waals surface area contributed by atoms with Crippen LogP contribution in [0, 0.1) is 12.7 Å². The monoisotopic (exact) mass is 471 g/mol. The molecule has 0 aliphatic rings. The second kappa shape index (κ2) is 12.6. The van der Waals surface area contributed by atoms with Crippen molar-refractivity contribution in [2.24, 2.45) is 0 Å². The summed E-state index contributed by atoms with van der Waals surface area (Å²) in [6, 6.07) is 15.6. The molecule has 0 bridgehead atoms. The van der Waals surface area contributed by atoms with Crippen molar-refractivity contribution in [1.29, 1.82) is 0 Å². The lowest BCUT2D eigenvalue weighted by Gasteiger charge is -2.25. The van der Waals surface area contributed by atoms with Crippen molar-refractivity contribution in [2.45, 2.75) is 39.5 Å². The number of ether oxygens (including phenoxy) is 3. The number of nitrogens with zero attached hydrogens (tertiary/aromatic N) is 3. The summed E-state index contributed by atoms with van der Waals surface area (Å²) in [6.45, 7) is 8.07. The van der Waals surface area contributed by atoms with Gasteiger partial charge in [0.25, 0.3) is 0 Å². The molecule has 2 aromatic carbocycles. The summed E-state index contributed by atoms with van der Waals surface area (Å²) in [4.78, 5) is 2.09. The number of hydrogen-bond acceptors (Lipinski definition) is 6. The first-order chi connectivity index (χ1) is 16.4. The molecule has 0 saturated heterocycles. The lowest BCUT2D eigenvalue weighted by Crippen LogP contribution is -2.37. The molecule has 1 atom stereocenters. The van der Waals surface area contributed by atoms with Gasteiger partial charge in [0.05, 0.1) is 42.4 Å². The summed E-state index contributed by atoms with van der Waals surface area (Å²) < 4.78 is 32.3. The fraction of sp³-hybridized carbons (Fsp3) is 0.423. The van der Waals surface area contributed by atoms with E-state index in [-0.39, 0.29) is 18.5 Å². The molecule has 0 radical (unpaired) electrons. The normalized spacial score (nSPS) is 12.5. The molecule has 3 rings (SSSR count). The van der Waals surface area contributed by atoms with E-state index in [4.69, 9.17) is 19.3 Å². The Morgan fingerprint density at radius 2 is 1.79 bits per heavy atom. The number of para-hydroxylation sites is 1. The molecule has 0 saturated carbocycles. The van der Waals surface area contributed by atoms with E-state index < -0.39 is 6.10 Å². The molecule has 0 aliphatic carbocycles. The van der Waals surface area contributed by atoms with Crippen LogP contribution in [-0.4, -0.2) is 65.4 Å². The minimum atomic E-state index is -0.648. The highest BCUT2D eigenvalue weighted by Gasteiger charge is 2.23. The average molecular weight is 472 g/mol. The van der Waals surface area contributed by atoms with E-state index in [9.17, 15) is 9.50 Å². The number of methoxy groups -OCH3 is 1. The van der Waals surface area contributed by atoms with E-state index in [0.717, 1.165) is 16.9 Å². The van der Waals surface area contributed by atoms with Crippen LogP contribution in [0.25, 0.3) is 5.69 Å². The third-order valence-corrected chi connectivity index (χ3v) is 5.25. The zero-order valence-electron chi connectivity index (χ0n) is 20.3. The molecule has 1 heterocycles. The number of halogens is 1. The van der Waals surface area contributed by atoms with Gasteiger partial charge in [0.2, 0.25) is 5.88 Å². The summed E-state index contributed by atoms with van der Waals surface area (Å²) in [6.07, 6.45) is -0.602. The van der Waals surface area contributed by atoms with Gasteiger partial charge in [-0.25, -0.2) is 9.07 Å². The van der Waals surface area contributed by atoms with Crippen LogP contribution in [0.3, 0.4) is 0 Å². The summed E-state index contributed by atoms with van der Waals surface area (Å²) in [5.74, 6) is 0.725. The van der Waals surface area contributed by atoms with E-state index in [0.29, 0.717) is 37.9 Å². The van der Waals surface area contributed by atoms with Gasteiger partial charge in [0.15, 0.2) is 0 Å². The lowest BCUT2D eigenvalue weighted by atomic mass is 10.2. The fourth-order valence-electron chi connectivity index (χ4n) is 3.52. The summed E-state index contributed by atoms with van der Waals surface area (Å²) in [5, 5.41) is 15.3. The molecular weight excluding hydrogens is 437 g/mol. The van der Waals surface area contributed by atoms with Gasteiger partial charge >= 0.3 is 0 Å². The maximum absolute atomic E-state index is 13.5. The molecule has 1 N–H and O–H groups in total. The van der Waals surface area contributed by atoms with Crippen LogP contribution in [0.4, 0.5) is 4.39 Å². The summed E-state index contributed by atoms with van der Waals surface area (Å²) >= 11 is 0. The number of aliphatic hydroxyl groups excluding tert-OH is 1. The lowest BCUT2D eigenvalue weighted by molar-refractivity contribution is -0.0122. The third kappa shape index (κ3) is 7.36. The maximum atomic E-state index is 13.5. The Kier molecular flexibility index (Phi) is 9.59. The highest BCUT2D eigenvalue weighted by molar-refractivity contribution is 5.43. The number of benzene rings is 2. The SMILES string of the molecule is COCCN(Cc1c(C)nn(-c2ccccc2)c1Oc1ccc(F)cc1)C[C@H](O)COC(C)C. The van der Waals surface area contributed by atoms with Gasteiger partial charge in [-0.1, -0.05) is 18.2 Å². The Balaban J connectivity index is 1.92. The fourth-order valence-corrected chi connectivity index (χ4v) is 3.52. The van der Waals surface area contributed by atoms with Crippen molar-refractivity contribution in [1.82, 2.24) is 14.7 Å². The smallest absolute Gasteiger partial charge is 0.227 e. The first-order valence-electron chi connectivity index (χ1n) is 11.5. The number of aromatic nitrogens is 2. The van der Waals surface area contributed by atoms with Crippen molar-refractivity contribution in [2.75, 3.05) is 33.4 Å². The molecule has 0 amide bonds. The zero-order chi connectivity index (χ0) is 24.5. The van der Waals surface area contributed by atoms with Gasteiger partial charge in [0, 0.05) is 26.7 Å². The summed E-state index contributed by atoms with van der Waals surface area (Å²) in [5.41, 5.74) is 2.53. The minimum absolute atomic E-state index is 0.0455. The van der Waals surface area contributed by atoms with Gasteiger partial charge in [-0.05, 0) is 57.2 Å².